The maximum absolute atomic E-state index is 12.7. The number of amidine groups is 1. The third-order valence-corrected chi connectivity index (χ3v) is 5.65. The van der Waals surface area contributed by atoms with Gasteiger partial charge in [0.05, 0.1) is 30.0 Å². The van der Waals surface area contributed by atoms with Gasteiger partial charge < -0.3 is 4.74 Å². The van der Waals surface area contributed by atoms with E-state index in [0.29, 0.717) is 23.7 Å². The SMILES string of the molecule is CC[C@@H]1S/C(=N\N=C/c2cccc([N+](=O)[O-])c2)N(Cc2ccc(OC)cc2)C1=O. The number of carbonyl (C=O) groups is 1. The lowest BCUT2D eigenvalue weighted by molar-refractivity contribution is -0.384. The molecule has 0 spiro atoms. The quantitative estimate of drug-likeness (QED) is 0.391. The van der Waals surface area contributed by atoms with Crippen LogP contribution in [0.4, 0.5) is 5.69 Å². The van der Waals surface area contributed by atoms with Crippen LogP contribution in [-0.2, 0) is 11.3 Å². The molecular formula is C20H20N4O4S. The summed E-state index contributed by atoms with van der Waals surface area (Å²) in [6.07, 6.45) is 2.13. The first-order chi connectivity index (χ1) is 14.0. The van der Waals surface area contributed by atoms with Crippen LogP contribution in [-0.4, -0.2) is 39.5 Å². The molecule has 2 aromatic carbocycles. The summed E-state index contributed by atoms with van der Waals surface area (Å²) in [6, 6.07) is 13.6. The molecule has 0 radical (unpaired) electrons. The number of nitro benzene ring substituents is 1. The van der Waals surface area contributed by atoms with Crippen molar-refractivity contribution in [2.45, 2.75) is 25.1 Å². The van der Waals surface area contributed by atoms with E-state index in [0.717, 1.165) is 11.3 Å². The van der Waals surface area contributed by atoms with E-state index in [-0.39, 0.29) is 16.8 Å². The average Bonchev–Trinajstić information content (AvgIpc) is 3.03. The van der Waals surface area contributed by atoms with Crippen LogP contribution in [0.2, 0.25) is 0 Å². The molecule has 8 nitrogen and oxygen atoms in total. The van der Waals surface area contributed by atoms with Gasteiger partial charge in [0.25, 0.3) is 5.69 Å². The molecule has 0 bridgehead atoms. The predicted molar refractivity (Wildman–Crippen MR) is 113 cm³/mol. The van der Waals surface area contributed by atoms with Crippen LogP contribution in [0, 0.1) is 10.1 Å². The van der Waals surface area contributed by atoms with Gasteiger partial charge >= 0.3 is 0 Å². The van der Waals surface area contributed by atoms with Gasteiger partial charge in [-0.1, -0.05) is 43.0 Å². The molecule has 1 amide bonds. The normalized spacial score (nSPS) is 18.0. The second-order valence-electron chi connectivity index (χ2n) is 6.27. The van der Waals surface area contributed by atoms with Gasteiger partial charge in [0.15, 0.2) is 5.17 Å². The van der Waals surface area contributed by atoms with Crippen molar-refractivity contribution in [3.05, 3.63) is 69.8 Å². The molecule has 0 unspecified atom stereocenters. The molecule has 9 heteroatoms. The van der Waals surface area contributed by atoms with E-state index >= 15 is 0 Å². The Morgan fingerprint density at radius 1 is 1.28 bits per heavy atom. The average molecular weight is 412 g/mol. The summed E-state index contributed by atoms with van der Waals surface area (Å²) in [4.78, 5) is 24.7. The highest BCUT2D eigenvalue weighted by Crippen LogP contribution is 2.31. The third-order valence-electron chi connectivity index (χ3n) is 4.32. The molecule has 29 heavy (non-hydrogen) atoms. The van der Waals surface area contributed by atoms with E-state index < -0.39 is 4.92 Å². The first-order valence-electron chi connectivity index (χ1n) is 8.98. The van der Waals surface area contributed by atoms with E-state index in [4.69, 9.17) is 4.74 Å². The van der Waals surface area contributed by atoms with E-state index in [1.165, 1.54) is 30.1 Å². The zero-order chi connectivity index (χ0) is 20.8. The van der Waals surface area contributed by atoms with Gasteiger partial charge in [0.2, 0.25) is 5.91 Å². The molecule has 1 atom stereocenters. The number of carbonyl (C=O) groups excluding carboxylic acids is 1. The molecule has 150 valence electrons. The van der Waals surface area contributed by atoms with Crippen molar-refractivity contribution in [1.82, 2.24) is 4.90 Å². The van der Waals surface area contributed by atoms with Crippen LogP contribution < -0.4 is 4.74 Å². The largest absolute Gasteiger partial charge is 0.497 e. The number of hydrogen-bond acceptors (Lipinski definition) is 7. The van der Waals surface area contributed by atoms with Crippen molar-refractivity contribution in [2.24, 2.45) is 10.2 Å². The monoisotopic (exact) mass is 412 g/mol. The standard InChI is InChI=1S/C20H20N4O4S/c1-3-18-19(25)23(13-14-7-9-17(28-2)10-8-14)20(29-18)22-21-12-15-5-4-6-16(11-15)24(26)27/h4-12,18H,3,13H2,1-2H3/b21-12-,22-20-/t18-/m0/s1. The van der Waals surface area contributed by atoms with Gasteiger partial charge in [-0.2, -0.15) is 5.10 Å². The summed E-state index contributed by atoms with van der Waals surface area (Å²) in [7, 11) is 1.60. The van der Waals surface area contributed by atoms with Crippen LogP contribution in [0.25, 0.3) is 0 Å². The number of non-ortho nitro benzene ring substituents is 1. The summed E-state index contributed by atoms with van der Waals surface area (Å²) in [6.45, 7) is 2.34. The van der Waals surface area contributed by atoms with Gasteiger partial charge in [-0.05, 0) is 24.1 Å². The Labute approximate surface area is 172 Å². The minimum absolute atomic E-state index is 0.00221. The van der Waals surface area contributed by atoms with E-state index in [2.05, 4.69) is 10.2 Å². The highest BCUT2D eigenvalue weighted by molar-refractivity contribution is 8.15. The van der Waals surface area contributed by atoms with Gasteiger partial charge in [0.1, 0.15) is 5.75 Å². The number of methoxy groups -OCH3 is 1. The number of benzene rings is 2. The van der Waals surface area contributed by atoms with Crippen molar-refractivity contribution in [1.29, 1.82) is 0 Å². The van der Waals surface area contributed by atoms with Gasteiger partial charge in [-0.3, -0.25) is 19.8 Å². The lowest BCUT2D eigenvalue weighted by Crippen LogP contribution is -2.31. The Morgan fingerprint density at radius 2 is 2.03 bits per heavy atom. The number of nitro groups is 1. The Hall–Kier alpha value is -3.20. The molecule has 0 aromatic heterocycles. The van der Waals surface area contributed by atoms with Crippen LogP contribution in [0.1, 0.15) is 24.5 Å². The topological polar surface area (TPSA) is 97.4 Å². The number of rotatable bonds is 7. The molecule has 3 rings (SSSR count). The fourth-order valence-electron chi connectivity index (χ4n) is 2.77. The second-order valence-corrected chi connectivity index (χ2v) is 7.44. The highest BCUT2D eigenvalue weighted by Gasteiger charge is 2.36. The second kappa shape index (κ2) is 9.33. The molecule has 1 saturated heterocycles. The van der Waals surface area contributed by atoms with Crippen LogP contribution in [0.15, 0.2) is 58.7 Å². The lowest BCUT2D eigenvalue weighted by Gasteiger charge is -2.16. The first kappa shape index (κ1) is 20.5. The Bertz CT molecular complexity index is 959. The predicted octanol–water partition coefficient (Wildman–Crippen LogP) is 3.85. The lowest BCUT2D eigenvalue weighted by atomic mass is 10.2. The molecule has 1 aliphatic rings. The first-order valence-corrected chi connectivity index (χ1v) is 9.86. The summed E-state index contributed by atoms with van der Waals surface area (Å²) in [5.74, 6) is 0.746. The highest BCUT2D eigenvalue weighted by atomic mass is 32.2. The molecule has 2 aromatic rings. The maximum atomic E-state index is 12.7. The zero-order valence-electron chi connectivity index (χ0n) is 16.0. The number of nitrogens with zero attached hydrogens (tertiary/aromatic N) is 4. The van der Waals surface area contributed by atoms with Crippen molar-refractivity contribution in [3.63, 3.8) is 0 Å². The molecule has 1 heterocycles. The number of thioether (sulfide) groups is 1. The number of ether oxygens (including phenoxy) is 1. The van der Waals surface area contributed by atoms with E-state index in [1.54, 1.807) is 24.1 Å². The van der Waals surface area contributed by atoms with Crippen molar-refractivity contribution in [3.8, 4) is 5.75 Å². The smallest absolute Gasteiger partial charge is 0.270 e. The Kier molecular flexibility index (Phi) is 6.61. The van der Waals surface area contributed by atoms with Gasteiger partial charge in [-0.15, -0.1) is 5.10 Å². The van der Waals surface area contributed by atoms with Crippen LogP contribution in [0.5, 0.6) is 5.75 Å². The van der Waals surface area contributed by atoms with Crippen LogP contribution in [0.3, 0.4) is 0 Å². The fraction of sp³-hybridized carbons (Fsp3) is 0.250. The minimum atomic E-state index is -0.461. The maximum Gasteiger partial charge on any atom is 0.270 e. The molecule has 0 saturated carbocycles. The van der Waals surface area contributed by atoms with E-state index in [1.807, 2.05) is 31.2 Å². The Balaban J connectivity index is 1.79. The van der Waals surface area contributed by atoms with Gasteiger partial charge in [-0.25, -0.2) is 0 Å². The Morgan fingerprint density at radius 3 is 2.69 bits per heavy atom. The van der Waals surface area contributed by atoms with Crippen LogP contribution >= 0.6 is 11.8 Å². The van der Waals surface area contributed by atoms with E-state index in [9.17, 15) is 14.9 Å². The molecule has 1 aliphatic heterocycles. The van der Waals surface area contributed by atoms with Crippen molar-refractivity contribution >= 4 is 34.7 Å². The van der Waals surface area contributed by atoms with Crippen molar-refractivity contribution < 1.29 is 14.5 Å². The zero-order valence-corrected chi connectivity index (χ0v) is 16.8. The third kappa shape index (κ3) is 5.00. The van der Waals surface area contributed by atoms with Gasteiger partial charge in [0, 0.05) is 17.7 Å². The molecule has 1 fully saturated rings. The summed E-state index contributed by atoms with van der Waals surface area (Å²) < 4.78 is 5.16. The minimum Gasteiger partial charge on any atom is -0.497 e. The molecule has 0 N–H and O–H groups in total. The summed E-state index contributed by atoms with van der Waals surface area (Å²) in [5, 5.41) is 19.5. The fourth-order valence-corrected chi connectivity index (χ4v) is 3.79. The molecule has 0 aliphatic carbocycles. The number of amides is 1. The summed E-state index contributed by atoms with van der Waals surface area (Å²) in [5.41, 5.74) is 1.50. The number of hydrogen-bond donors (Lipinski definition) is 0. The molecular weight excluding hydrogens is 392 g/mol. The summed E-state index contributed by atoms with van der Waals surface area (Å²) >= 11 is 1.38. The van der Waals surface area contributed by atoms with Crippen molar-refractivity contribution in [2.75, 3.05) is 7.11 Å².